The topological polar surface area (TPSA) is 95.7 Å². The maximum absolute atomic E-state index is 12.3. The molecule has 0 heterocycles. The molecule has 2 unspecified atom stereocenters. The summed E-state index contributed by atoms with van der Waals surface area (Å²) >= 11 is 0. The number of halogens is 3. The molecule has 1 aromatic rings. The molecule has 0 aromatic heterocycles. The summed E-state index contributed by atoms with van der Waals surface area (Å²) in [5.41, 5.74) is 0.124. The van der Waals surface area contributed by atoms with Gasteiger partial charge in [0, 0.05) is 24.4 Å². The number of nitro groups is 1. The van der Waals surface area contributed by atoms with Crippen molar-refractivity contribution in [2.75, 3.05) is 18.9 Å². The van der Waals surface area contributed by atoms with Crippen molar-refractivity contribution >= 4 is 17.3 Å². The van der Waals surface area contributed by atoms with Crippen LogP contribution in [0, 0.1) is 10.1 Å². The standard InChI is InChI=1S/C13H16F3N3O4/c1-8(18(2)7-11(20)13(14,15)16)12(21)17-9-3-5-10(6-4-9)19(22)23/h3-6,8,11,20H,7H2,1-2H3,(H,17,21). The number of non-ortho nitro benzene ring substituents is 1. The van der Waals surface area contributed by atoms with Crippen molar-refractivity contribution in [3.05, 3.63) is 34.4 Å². The molecule has 2 N–H and O–H groups in total. The van der Waals surface area contributed by atoms with Gasteiger partial charge in [-0.25, -0.2) is 0 Å². The predicted molar refractivity (Wildman–Crippen MR) is 75.9 cm³/mol. The second kappa shape index (κ2) is 7.38. The van der Waals surface area contributed by atoms with E-state index in [-0.39, 0.29) is 11.4 Å². The van der Waals surface area contributed by atoms with Crippen molar-refractivity contribution in [2.24, 2.45) is 0 Å². The number of carbonyl (C=O) groups is 1. The molecule has 0 bridgehead atoms. The third-order valence-corrected chi connectivity index (χ3v) is 3.23. The number of hydrogen-bond donors (Lipinski definition) is 2. The van der Waals surface area contributed by atoms with Crippen LogP contribution in [0.5, 0.6) is 0 Å². The number of rotatable bonds is 6. The summed E-state index contributed by atoms with van der Waals surface area (Å²) in [6, 6.07) is 4.07. The number of nitrogens with zero attached hydrogens (tertiary/aromatic N) is 2. The molecule has 0 aliphatic heterocycles. The van der Waals surface area contributed by atoms with E-state index in [0.717, 1.165) is 4.90 Å². The van der Waals surface area contributed by atoms with Crippen molar-refractivity contribution in [1.29, 1.82) is 0 Å². The number of nitrogens with one attached hydrogen (secondary N) is 1. The molecule has 2 atom stereocenters. The Kier molecular flexibility index (Phi) is 6.05. The molecule has 23 heavy (non-hydrogen) atoms. The van der Waals surface area contributed by atoms with E-state index in [1.54, 1.807) is 0 Å². The van der Waals surface area contributed by atoms with Gasteiger partial charge in [0.25, 0.3) is 5.69 Å². The fraction of sp³-hybridized carbons (Fsp3) is 0.462. The van der Waals surface area contributed by atoms with Gasteiger partial charge in [0.2, 0.25) is 5.91 Å². The molecule has 0 aliphatic rings. The highest BCUT2D eigenvalue weighted by Crippen LogP contribution is 2.21. The van der Waals surface area contributed by atoms with Crippen molar-refractivity contribution in [3.8, 4) is 0 Å². The van der Waals surface area contributed by atoms with Gasteiger partial charge in [0.15, 0.2) is 6.10 Å². The Bertz CT molecular complexity index is 563. The molecule has 1 aromatic carbocycles. The van der Waals surface area contributed by atoms with E-state index < -0.39 is 35.7 Å². The third kappa shape index (κ3) is 5.49. The van der Waals surface area contributed by atoms with E-state index >= 15 is 0 Å². The van der Waals surface area contributed by atoms with Crippen LogP contribution in [-0.2, 0) is 4.79 Å². The molecule has 10 heteroatoms. The van der Waals surface area contributed by atoms with Crippen molar-refractivity contribution < 1.29 is 28.0 Å². The summed E-state index contributed by atoms with van der Waals surface area (Å²) in [6.45, 7) is 0.627. The number of likely N-dealkylation sites (N-methyl/N-ethyl adjacent to an activating group) is 1. The van der Waals surface area contributed by atoms with Crippen LogP contribution >= 0.6 is 0 Å². The quantitative estimate of drug-likeness (QED) is 0.610. The SMILES string of the molecule is CC(C(=O)Nc1ccc([N+](=O)[O-])cc1)N(C)CC(O)C(F)(F)F. The molecular formula is C13H16F3N3O4. The molecule has 0 aliphatic carbocycles. The minimum absolute atomic E-state index is 0.151. The van der Waals surface area contributed by atoms with Crippen LogP contribution in [0.1, 0.15) is 6.92 Å². The van der Waals surface area contributed by atoms with Crippen LogP contribution in [0.4, 0.5) is 24.5 Å². The molecule has 0 fully saturated rings. The fourth-order valence-electron chi connectivity index (χ4n) is 1.65. The van der Waals surface area contributed by atoms with Crippen molar-refractivity contribution in [2.45, 2.75) is 25.2 Å². The Hall–Kier alpha value is -2.20. The van der Waals surface area contributed by atoms with E-state index in [1.165, 1.54) is 38.2 Å². The number of carbonyl (C=O) groups excluding carboxylic acids is 1. The molecule has 7 nitrogen and oxygen atoms in total. The van der Waals surface area contributed by atoms with Gasteiger partial charge in [0.1, 0.15) is 0 Å². The molecule has 1 amide bonds. The number of aliphatic hydroxyl groups excluding tert-OH is 1. The van der Waals surface area contributed by atoms with Gasteiger partial charge in [-0.2, -0.15) is 13.2 Å². The van der Waals surface area contributed by atoms with Gasteiger partial charge < -0.3 is 10.4 Å². The number of benzene rings is 1. The number of hydrogen-bond acceptors (Lipinski definition) is 5. The predicted octanol–water partition coefficient (Wildman–Crippen LogP) is 1.78. The average Bonchev–Trinajstić information content (AvgIpc) is 2.45. The lowest BCUT2D eigenvalue weighted by Gasteiger charge is -2.27. The van der Waals surface area contributed by atoms with Crippen LogP contribution < -0.4 is 5.32 Å². The van der Waals surface area contributed by atoms with Crippen LogP contribution in [0.3, 0.4) is 0 Å². The molecular weight excluding hydrogens is 319 g/mol. The Labute approximate surface area is 129 Å². The van der Waals surface area contributed by atoms with Gasteiger partial charge in [-0.15, -0.1) is 0 Å². The van der Waals surface area contributed by atoms with Gasteiger partial charge in [-0.1, -0.05) is 0 Å². The average molecular weight is 335 g/mol. The lowest BCUT2D eigenvalue weighted by atomic mass is 10.2. The first-order valence-corrected chi connectivity index (χ1v) is 6.52. The van der Waals surface area contributed by atoms with Crippen molar-refractivity contribution in [3.63, 3.8) is 0 Å². The first kappa shape index (κ1) is 18.8. The second-order valence-electron chi connectivity index (χ2n) is 4.97. The Morgan fingerprint density at radius 1 is 1.39 bits per heavy atom. The summed E-state index contributed by atoms with van der Waals surface area (Å²) in [4.78, 5) is 22.9. The number of aliphatic hydroxyl groups is 1. The number of alkyl halides is 3. The number of nitro benzene ring substituents is 1. The minimum Gasteiger partial charge on any atom is -0.382 e. The fourth-order valence-corrected chi connectivity index (χ4v) is 1.65. The van der Waals surface area contributed by atoms with Gasteiger partial charge in [0.05, 0.1) is 11.0 Å². The summed E-state index contributed by atoms with van der Waals surface area (Å²) in [6.07, 6.45) is -7.31. The normalized spacial score (nSPS) is 14.4. The first-order valence-electron chi connectivity index (χ1n) is 6.52. The van der Waals surface area contributed by atoms with E-state index in [2.05, 4.69) is 5.32 Å². The minimum atomic E-state index is -4.76. The Balaban J connectivity index is 2.64. The monoisotopic (exact) mass is 335 g/mol. The van der Waals surface area contributed by atoms with E-state index in [4.69, 9.17) is 5.11 Å². The van der Waals surface area contributed by atoms with Gasteiger partial charge in [-0.3, -0.25) is 19.8 Å². The number of amides is 1. The third-order valence-electron chi connectivity index (χ3n) is 3.23. The van der Waals surface area contributed by atoms with Gasteiger partial charge in [-0.05, 0) is 26.1 Å². The molecule has 0 saturated carbocycles. The number of anilines is 1. The largest absolute Gasteiger partial charge is 0.415 e. The van der Waals surface area contributed by atoms with Crippen LogP contribution in [0.2, 0.25) is 0 Å². The van der Waals surface area contributed by atoms with E-state index in [0.29, 0.717) is 0 Å². The molecule has 0 spiro atoms. The van der Waals surface area contributed by atoms with Crippen LogP contribution in [-0.4, -0.2) is 52.8 Å². The van der Waals surface area contributed by atoms with Crippen LogP contribution in [0.25, 0.3) is 0 Å². The molecule has 128 valence electrons. The summed E-state index contributed by atoms with van der Waals surface area (Å²) in [5, 5.41) is 21.9. The van der Waals surface area contributed by atoms with Crippen molar-refractivity contribution in [1.82, 2.24) is 4.90 Å². The summed E-state index contributed by atoms with van der Waals surface area (Å²) in [5.74, 6) is -0.601. The first-order chi connectivity index (χ1) is 10.5. The van der Waals surface area contributed by atoms with Crippen LogP contribution in [0.15, 0.2) is 24.3 Å². The Morgan fingerprint density at radius 2 is 1.91 bits per heavy atom. The lowest BCUT2D eigenvalue weighted by molar-refractivity contribution is -0.384. The summed E-state index contributed by atoms with van der Waals surface area (Å²) in [7, 11) is 1.27. The second-order valence-corrected chi connectivity index (χ2v) is 4.97. The molecule has 1 rings (SSSR count). The molecule has 0 radical (unpaired) electrons. The smallest absolute Gasteiger partial charge is 0.382 e. The van der Waals surface area contributed by atoms with E-state index in [1.807, 2.05) is 0 Å². The Morgan fingerprint density at radius 3 is 2.35 bits per heavy atom. The van der Waals surface area contributed by atoms with Gasteiger partial charge >= 0.3 is 6.18 Å². The van der Waals surface area contributed by atoms with E-state index in [9.17, 15) is 28.1 Å². The highest BCUT2D eigenvalue weighted by atomic mass is 19.4. The lowest BCUT2D eigenvalue weighted by Crippen LogP contribution is -2.46. The zero-order valence-corrected chi connectivity index (χ0v) is 12.4. The molecule has 0 saturated heterocycles. The zero-order chi connectivity index (χ0) is 17.8. The zero-order valence-electron chi connectivity index (χ0n) is 12.4. The maximum atomic E-state index is 12.3. The highest BCUT2D eigenvalue weighted by molar-refractivity contribution is 5.94. The summed E-state index contributed by atoms with van der Waals surface area (Å²) < 4.78 is 36.9. The maximum Gasteiger partial charge on any atom is 0.415 e. The highest BCUT2D eigenvalue weighted by Gasteiger charge is 2.39.